The summed E-state index contributed by atoms with van der Waals surface area (Å²) in [6, 6.07) is 13.1. The summed E-state index contributed by atoms with van der Waals surface area (Å²) in [5, 5.41) is 0. The number of hydrogen-bond acceptors (Lipinski definition) is 5. The van der Waals surface area contributed by atoms with Crippen molar-refractivity contribution < 1.29 is 14.3 Å². The van der Waals surface area contributed by atoms with Crippen LogP contribution in [0.15, 0.2) is 48.0 Å². The average molecular weight is 354 g/mol. The summed E-state index contributed by atoms with van der Waals surface area (Å²) in [5.41, 5.74) is 5.19. The molecule has 0 fully saturated rings. The predicted octanol–water partition coefficient (Wildman–Crippen LogP) is 3.42. The van der Waals surface area contributed by atoms with Gasteiger partial charge in [-0.3, -0.25) is 4.79 Å². The molecular weight excluding hydrogens is 336 g/mol. The number of fused-ring (bicyclic) bond motifs is 1. The number of ether oxygens (including phenoxy) is 1. The molecule has 0 saturated carbocycles. The summed E-state index contributed by atoms with van der Waals surface area (Å²) in [7, 11) is 1.69. The van der Waals surface area contributed by atoms with Gasteiger partial charge in [-0.2, -0.15) is 0 Å². The molecule has 0 spiro atoms. The SMILES string of the molecule is Cc1ccc(CN(C)C(=O)COC(=O)c2ccc3ncsc3c2)cc1. The molecule has 5 nitrogen and oxygen atoms in total. The molecular formula is C19H18N2O3S. The van der Waals surface area contributed by atoms with Crippen molar-refractivity contribution in [3.8, 4) is 0 Å². The van der Waals surface area contributed by atoms with Crippen LogP contribution in [0, 0.1) is 6.92 Å². The first-order valence-corrected chi connectivity index (χ1v) is 8.71. The van der Waals surface area contributed by atoms with Crippen LogP contribution in [0.3, 0.4) is 0 Å². The summed E-state index contributed by atoms with van der Waals surface area (Å²) >= 11 is 1.46. The topological polar surface area (TPSA) is 59.5 Å². The quantitative estimate of drug-likeness (QED) is 0.659. The maximum absolute atomic E-state index is 12.2. The van der Waals surface area contributed by atoms with Gasteiger partial charge in [-0.15, -0.1) is 11.3 Å². The molecule has 1 amide bonds. The number of benzene rings is 2. The molecule has 128 valence electrons. The number of thiazole rings is 1. The standard InChI is InChI=1S/C19H18N2O3S/c1-13-3-5-14(6-4-13)10-21(2)18(22)11-24-19(23)15-7-8-16-17(9-15)25-12-20-16/h3-9,12H,10-11H2,1-2H3. The molecule has 0 N–H and O–H groups in total. The molecule has 6 heteroatoms. The van der Waals surface area contributed by atoms with E-state index >= 15 is 0 Å². The second kappa shape index (κ2) is 7.44. The second-order valence-electron chi connectivity index (χ2n) is 5.85. The van der Waals surface area contributed by atoms with E-state index in [1.165, 1.54) is 16.9 Å². The first-order chi connectivity index (χ1) is 12.0. The lowest BCUT2D eigenvalue weighted by Gasteiger charge is -2.17. The van der Waals surface area contributed by atoms with E-state index in [4.69, 9.17) is 4.74 Å². The first kappa shape index (κ1) is 17.1. The van der Waals surface area contributed by atoms with Crippen LogP contribution in [0.25, 0.3) is 10.2 Å². The van der Waals surface area contributed by atoms with Gasteiger partial charge in [0.05, 0.1) is 21.3 Å². The Kier molecular flexibility index (Phi) is 5.09. The van der Waals surface area contributed by atoms with E-state index in [9.17, 15) is 9.59 Å². The van der Waals surface area contributed by atoms with Crippen LogP contribution in [0.2, 0.25) is 0 Å². The molecule has 1 heterocycles. The van der Waals surface area contributed by atoms with Crippen molar-refractivity contribution in [2.75, 3.05) is 13.7 Å². The Morgan fingerprint density at radius 1 is 1.16 bits per heavy atom. The molecule has 0 atom stereocenters. The van der Waals surface area contributed by atoms with Crippen molar-refractivity contribution in [1.29, 1.82) is 0 Å². The van der Waals surface area contributed by atoms with Gasteiger partial charge in [0.25, 0.3) is 5.91 Å². The summed E-state index contributed by atoms with van der Waals surface area (Å²) < 4.78 is 6.06. The van der Waals surface area contributed by atoms with Gasteiger partial charge in [0.15, 0.2) is 6.61 Å². The highest BCUT2D eigenvalue weighted by atomic mass is 32.1. The third-order valence-corrected chi connectivity index (χ3v) is 4.65. The molecule has 25 heavy (non-hydrogen) atoms. The minimum atomic E-state index is -0.507. The van der Waals surface area contributed by atoms with Gasteiger partial charge in [0.1, 0.15) is 0 Å². The van der Waals surface area contributed by atoms with Crippen LogP contribution in [-0.2, 0) is 16.1 Å². The van der Waals surface area contributed by atoms with E-state index < -0.39 is 5.97 Å². The highest BCUT2D eigenvalue weighted by molar-refractivity contribution is 7.16. The zero-order chi connectivity index (χ0) is 17.8. The fourth-order valence-corrected chi connectivity index (χ4v) is 3.07. The summed E-state index contributed by atoms with van der Waals surface area (Å²) in [6.45, 7) is 2.22. The largest absolute Gasteiger partial charge is 0.452 e. The fraction of sp³-hybridized carbons (Fsp3) is 0.211. The minimum Gasteiger partial charge on any atom is -0.452 e. The third-order valence-electron chi connectivity index (χ3n) is 3.86. The Hall–Kier alpha value is -2.73. The predicted molar refractivity (Wildman–Crippen MR) is 97.6 cm³/mol. The minimum absolute atomic E-state index is 0.243. The van der Waals surface area contributed by atoms with Crippen molar-refractivity contribution in [2.24, 2.45) is 0 Å². The van der Waals surface area contributed by atoms with Crippen LogP contribution >= 0.6 is 11.3 Å². The summed E-state index contributed by atoms with van der Waals surface area (Å²) in [6.07, 6.45) is 0. The number of hydrogen-bond donors (Lipinski definition) is 0. The number of esters is 1. The number of aryl methyl sites for hydroxylation is 1. The zero-order valence-corrected chi connectivity index (χ0v) is 14.9. The molecule has 3 rings (SSSR count). The fourth-order valence-electron chi connectivity index (χ4n) is 2.36. The van der Waals surface area contributed by atoms with Crippen molar-refractivity contribution in [1.82, 2.24) is 9.88 Å². The lowest BCUT2D eigenvalue weighted by atomic mass is 10.1. The Bertz CT molecular complexity index is 902. The number of likely N-dealkylation sites (N-methyl/N-ethyl adjacent to an activating group) is 1. The van der Waals surface area contributed by atoms with Crippen LogP contribution < -0.4 is 0 Å². The van der Waals surface area contributed by atoms with Crippen LogP contribution in [0.5, 0.6) is 0 Å². The normalized spacial score (nSPS) is 10.6. The summed E-state index contributed by atoms with van der Waals surface area (Å²) in [5.74, 6) is -0.750. The van der Waals surface area contributed by atoms with Gasteiger partial charge in [-0.05, 0) is 30.7 Å². The number of rotatable bonds is 5. The van der Waals surface area contributed by atoms with Crippen molar-refractivity contribution in [3.05, 3.63) is 64.7 Å². The highest BCUT2D eigenvalue weighted by Crippen LogP contribution is 2.19. The van der Waals surface area contributed by atoms with E-state index in [2.05, 4.69) is 4.98 Å². The van der Waals surface area contributed by atoms with Gasteiger partial charge < -0.3 is 9.64 Å². The Morgan fingerprint density at radius 2 is 1.92 bits per heavy atom. The van der Waals surface area contributed by atoms with Gasteiger partial charge in [-0.1, -0.05) is 29.8 Å². The first-order valence-electron chi connectivity index (χ1n) is 7.83. The van der Waals surface area contributed by atoms with E-state index in [1.807, 2.05) is 31.2 Å². The molecule has 0 bridgehead atoms. The molecule has 0 unspecified atom stereocenters. The molecule has 2 aromatic carbocycles. The molecule has 0 saturated heterocycles. The maximum Gasteiger partial charge on any atom is 0.338 e. The molecule has 0 aliphatic heterocycles. The molecule has 0 radical (unpaired) electrons. The third kappa shape index (κ3) is 4.22. The molecule has 0 aliphatic carbocycles. The van der Waals surface area contributed by atoms with Gasteiger partial charge >= 0.3 is 5.97 Å². The van der Waals surface area contributed by atoms with Gasteiger partial charge in [0.2, 0.25) is 0 Å². The van der Waals surface area contributed by atoms with Crippen LogP contribution in [0.1, 0.15) is 21.5 Å². The smallest absolute Gasteiger partial charge is 0.338 e. The molecule has 0 aliphatic rings. The Balaban J connectivity index is 1.55. The highest BCUT2D eigenvalue weighted by Gasteiger charge is 2.14. The Labute approximate surface area is 149 Å². The van der Waals surface area contributed by atoms with E-state index in [1.54, 1.807) is 35.7 Å². The average Bonchev–Trinajstić information content (AvgIpc) is 3.08. The monoisotopic (exact) mass is 354 g/mol. The summed E-state index contributed by atoms with van der Waals surface area (Å²) in [4.78, 5) is 30.0. The zero-order valence-electron chi connectivity index (χ0n) is 14.1. The number of carbonyl (C=O) groups excluding carboxylic acids is 2. The molecule has 1 aromatic heterocycles. The van der Waals surface area contributed by atoms with Gasteiger partial charge in [0, 0.05) is 13.6 Å². The second-order valence-corrected chi connectivity index (χ2v) is 6.73. The van der Waals surface area contributed by atoms with Crippen molar-refractivity contribution in [2.45, 2.75) is 13.5 Å². The lowest BCUT2D eigenvalue weighted by Crippen LogP contribution is -2.30. The van der Waals surface area contributed by atoms with E-state index in [0.29, 0.717) is 12.1 Å². The number of amides is 1. The van der Waals surface area contributed by atoms with Crippen molar-refractivity contribution in [3.63, 3.8) is 0 Å². The van der Waals surface area contributed by atoms with Crippen LogP contribution in [0.4, 0.5) is 0 Å². The number of carbonyl (C=O) groups is 2. The number of aromatic nitrogens is 1. The van der Waals surface area contributed by atoms with E-state index in [0.717, 1.165) is 15.8 Å². The number of nitrogens with zero attached hydrogens (tertiary/aromatic N) is 2. The van der Waals surface area contributed by atoms with E-state index in [-0.39, 0.29) is 12.5 Å². The van der Waals surface area contributed by atoms with Crippen LogP contribution in [-0.4, -0.2) is 35.4 Å². The van der Waals surface area contributed by atoms with Gasteiger partial charge in [-0.25, -0.2) is 9.78 Å². The van der Waals surface area contributed by atoms with Crippen molar-refractivity contribution >= 4 is 33.4 Å². The molecule has 3 aromatic rings. The maximum atomic E-state index is 12.2. The Morgan fingerprint density at radius 3 is 2.68 bits per heavy atom. The lowest BCUT2D eigenvalue weighted by molar-refractivity contribution is -0.133.